The lowest BCUT2D eigenvalue weighted by Gasteiger charge is -2.15. The van der Waals surface area contributed by atoms with E-state index in [1.54, 1.807) is 24.3 Å². The molecule has 0 aromatic heterocycles. The van der Waals surface area contributed by atoms with Gasteiger partial charge in [-0.25, -0.2) is 0 Å². The molecular formula is C23H21NO4. The molecule has 0 aliphatic carbocycles. The van der Waals surface area contributed by atoms with Crippen LogP contribution in [-0.4, -0.2) is 17.0 Å². The lowest BCUT2D eigenvalue weighted by atomic mass is 9.92. The molecule has 0 heterocycles. The number of ether oxygens (including phenoxy) is 1. The van der Waals surface area contributed by atoms with Crippen LogP contribution in [0.1, 0.15) is 24.3 Å². The summed E-state index contributed by atoms with van der Waals surface area (Å²) in [5.74, 6) is -0.133. The number of aliphatic carboxylic acids is 1. The largest absolute Gasteiger partial charge is 0.481 e. The van der Waals surface area contributed by atoms with E-state index >= 15 is 0 Å². The molecule has 142 valence electrons. The Kier molecular flexibility index (Phi) is 6.41. The Morgan fingerprint density at radius 3 is 1.96 bits per heavy atom. The minimum absolute atomic E-state index is 0.0958. The van der Waals surface area contributed by atoms with E-state index in [1.807, 2.05) is 60.7 Å². The summed E-state index contributed by atoms with van der Waals surface area (Å²) in [6.07, 6.45) is -0.000132. The zero-order chi connectivity index (χ0) is 19.8. The minimum Gasteiger partial charge on any atom is -0.481 e. The molecule has 0 aliphatic heterocycles. The van der Waals surface area contributed by atoms with Crippen LogP contribution in [0, 0.1) is 0 Å². The van der Waals surface area contributed by atoms with Crippen molar-refractivity contribution in [2.45, 2.75) is 18.8 Å². The molecule has 3 aromatic carbocycles. The molecule has 1 atom stereocenters. The lowest BCUT2D eigenvalue weighted by molar-refractivity contribution is -0.137. The number of benzene rings is 3. The molecule has 3 rings (SSSR count). The number of amides is 1. The molecule has 2 N–H and O–H groups in total. The van der Waals surface area contributed by atoms with Gasteiger partial charge in [0.15, 0.2) is 0 Å². The molecule has 0 saturated heterocycles. The summed E-state index contributed by atoms with van der Waals surface area (Å²) in [5, 5.41) is 12.0. The normalized spacial score (nSPS) is 11.4. The smallest absolute Gasteiger partial charge is 0.303 e. The van der Waals surface area contributed by atoms with E-state index in [2.05, 4.69) is 5.32 Å². The monoisotopic (exact) mass is 375 g/mol. The Bertz CT molecular complexity index is 908. The Hall–Kier alpha value is -3.60. The second kappa shape index (κ2) is 9.37. The Balaban J connectivity index is 1.60. The second-order valence-corrected chi connectivity index (χ2v) is 6.40. The van der Waals surface area contributed by atoms with E-state index in [1.165, 1.54) is 0 Å². The van der Waals surface area contributed by atoms with E-state index in [-0.39, 0.29) is 24.7 Å². The number of carboxylic acids is 1. The van der Waals surface area contributed by atoms with Crippen molar-refractivity contribution in [3.63, 3.8) is 0 Å². The lowest BCUT2D eigenvalue weighted by Crippen LogP contribution is -2.17. The summed E-state index contributed by atoms with van der Waals surface area (Å²) in [4.78, 5) is 23.6. The number of para-hydroxylation sites is 1. The van der Waals surface area contributed by atoms with Crippen LogP contribution in [-0.2, 0) is 9.59 Å². The summed E-state index contributed by atoms with van der Waals surface area (Å²) < 4.78 is 5.73. The van der Waals surface area contributed by atoms with E-state index in [9.17, 15) is 9.59 Å². The van der Waals surface area contributed by atoms with E-state index in [0.29, 0.717) is 11.4 Å². The highest BCUT2D eigenvalue weighted by Crippen LogP contribution is 2.25. The first-order valence-corrected chi connectivity index (χ1v) is 9.00. The van der Waals surface area contributed by atoms with E-state index < -0.39 is 5.97 Å². The number of hydrogen-bond donors (Lipinski definition) is 2. The molecule has 1 amide bonds. The predicted molar refractivity (Wildman–Crippen MR) is 108 cm³/mol. The van der Waals surface area contributed by atoms with E-state index in [0.717, 1.165) is 11.3 Å². The van der Waals surface area contributed by atoms with Crippen molar-refractivity contribution < 1.29 is 19.4 Å². The molecule has 0 bridgehead atoms. The zero-order valence-electron chi connectivity index (χ0n) is 15.2. The van der Waals surface area contributed by atoms with Crippen molar-refractivity contribution in [2.75, 3.05) is 5.32 Å². The Labute approximate surface area is 163 Å². The molecule has 0 unspecified atom stereocenters. The van der Waals surface area contributed by atoms with Crippen molar-refractivity contribution >= 4 is 17.6 Å². The molecule has 0 fully saturated rings. The van der Waals surface area contributed by atoms with Gasteiger partial charge in [0.25, 0.3) is 0 Å². The van der Waals surface area contributed by atoms with Crippen LogP contribution >= 0.6 is 0 Å². The Morgan fingerprint density at radius 2 is 1.36 bits per heavy atom. The van der Waals surface area contributed by atoms with Crippen LogP contribution in [0.25, 0.3) is 0 Å². The minimum atomic E-state index is -0.927. The third-order valence-electron chi connectivity index (χ3n) is 4.24. The van der Waals surface area contributed by atoms with Gasteiger partial charge < -0.3 is 15.2 Å². The summed E-state index contributed by atoms with van der Waals surface area (Å²) >= 11 is 0. The molecule has 0 radical (unpaired) electrons. The quantitative estimate of drug-likeness (QED) is 0.577. The summed E-state index contributed by atoms with van der Waals surface area (Å²) in [6.45, 7) is 0. The highest BCUT2D eigenvalue weighted by molar-refractivity contribution is 5.91. The van der Waals surface area contributed by atoms with Crippen LogP contribution in [0.2, 0.25) is 0 Å². The van der Waals surface area contributed by atoms with Gasteiger partial charge in [0, 0.05) is 18.0 Å². The molecule has 0 spiro atoms. The fourth-order valence-corrected chi connectivity index (χ4v) is 2.91. The van der Waals surface area contributed by atoms with Crippen LogP contribution in [0.3, 0.4) is 0 Å². The average Bonchev–Trinajstić information content (AvgIpc) is 2.70. The SMILES string of the molecule is O=C(O)C[C@H](CC(=O)Nc1ccc(Oc2ccccc2)cc1)c1ccccc1. The third-order valence-corrected chi connectivity index (χ3v) is 4.24. The molecule has 0 saturated carbocycles. The number of carboxylic acid groups (broad SMARTS) is 1. The van der Waals surface area contributed by atoms with Crippen molar-refractivity contribution in [3.05, 3.63) is 90.5 Å². The number of hydrogen-bond acceptors (Lipinski definition) is 3. The van der Waals surface area contributed by atoms with Gasteiger partial charge in [0.05, 0.1) is 6.42 Å². The summed E-state index contributed by atoms with van der Waals surface area (Å²) in [7, 11) is 0. The maximum absolute atomic E-state index is 12.4. The standard InChI is InChI=1S/C23H21NO4/c25-22(15-18(16-23(26)27)17-7-3-1-4-8-17)24-19-11-13-21(14-12-19)28-20-9-5-2-6-10-20/h1-14,18H,15-16H2,(H,24,25)(H,26,27)/t18-/m0/s1. The number of anilines is 1. The number of carbonyl (C=O) groups is 2. The summed E-state index contributed by atoms with van der Waals surface area (Å²) in [6, 6.07) is 25.7. The highest BCUT2D eigenvalue weighted by atomic mass is 16.5. The van der Waals surface area contributed by atoms with Crippen LogP contribution in [0.4, 0.5) is 5.69 Å². The third kappa shape index (κ3) is 5.71. The molecule has 5 heteroatoms. The predicted octanol–water partition coefficient (Wildman–Crippen LogP) is 5.07. The first-order valence-electron chi connectivity index (χ1n) is 9.00. The fraction of sp³-hybridized carbons (Fsp3) is 0.130. The molecule has 0 aliphatic rings. The van der Waals surface area contributed by atoms with Gasteiger partial charge in [0.2, 0.25) is 5.91 Å². The molecule has 5 nitrogen and oxygen atoms in total. The van der Waals surface area contributed by atoms with Crippen molar-refractivity contribution in [1.82, 2.24) is 0 Å². The molecule has 3 aromatic rings. The van der Waals surface area contributed by atoms with Gasteiger partial charge in [0.1, 0.15) is 11.5 Å². The van der Waals surface area contributed by atoms with Gasteiger partial charge in [-0.1, -0.05) is 48.5 Å². The van der Waals surface area contributed by atoms with E-state index in [4.69, 9.17) is 9.84 Å². The zero-order valence-corrected chi connectivity index (χ0v) is 15.2. The maximum Gasteiger partial charge on any atom is 0.303 e. The van der Waals surface area contributed by atoms with Gasteiger partial charge in [-0.15, -0.1) is 0 Å². The number of nitrogens with one attached hydrogen (secondary N) is 1. The van der Waals surface area contributed by atoms with Crippen molar-refractivity contribution in [3.8, 4) is 11.5 Å². The molecular weight excluding hydrogens is 354 g/mol. The van der Waals surface area contributed by atoms with Crippen LogP contribution < -0.4 is 10.1 Å². The van der Waals surface area contributed by atoms with Gasteiger partial charge in [-0.05, 0) is 42.0 Å². The molecule has 28 heavy (non-hydrogen) atoms. The van der Waals surface area contributed by atoms with Crippen LogP contribution in [0.15, 0.2) is 84.9 Å². The van der Waals surface area contributed by atoms with Gasteiger partial charge in [-0.3, -0.25) is 9.59 Å². The second-order valence-electron chi connectivity index (χ2n) is 6.40. The first kappa shape index (κ1) is 19.2. The average molecular weight is 375 g/mol. The first-order chi connectivity index (χ1) is 13.6. The van der Waals surface area contributed by atoms with Crippen molar-refractivity contribution in [2.24, 2.45) is 0 Å². The van der Waals surface area contributed by atoms with Crippen LogP contribution in [0.5, 0.6) is 11.5 Å². The maximum atomic E-state index is 12.4. The topological polar surface area (TPSA) is 75.6 Å². The Morgan fingerprint density at radius 1 is 0.786 bits per heavy atom. The van der Waals surface area contributed by atoms with Gasteiger partial charge >= 0.3 is 5.97 Å². The fourth-order valence-electron chi connectivity index (χ4n) is 2.91. The summed E-state index contributed by atoms with van der Waals surface area (Å²) in [5.41, 5.74) is 1.47. The highest BCUT2D eigenvalue weighted by Gasteiger charge is 2.19. The number of rotatable bonds is 8. The van der Waals surface area contributed by atoms with Crippen molar-refractivity contribution in [1.29, 1.82) is 0 Å². The van der Waals surface area contributed by atoms with Gasteiger partial charge in [-0.2, -0.15) is 0 Å². The number of carbonyl (C=O) groups excluding carboxylic acids is 1.